The first-order valence-electron chi connectivity index (χ1n) is 7.93. The second kappa shape index (κ2) is 6.83. The molecule has 0 saturated carbocycles. The Morgan fingerprint density at radius 3 is 2.71 bits per heavy atom. The van der Waals surface area contributed by atoms with Gasteiger partial charge in [-0.25, -0.2) is 4.39 Å². The van der Waals surface area contributed by atoms with Crippen LogP contribution >= 0.6 is 0 Å². The molecule has 124 valence electrons. The molecule has 0 fully saturated rings. The lowest BCUT2D eigenvalue weighted by molar-refractivity contribution is 0.0767. The van der Waals surface area contributed by atoms with Crippen molar-refractivity contribution in [1.29, 1.82) is 0 Å². The Morgan fingerprint density at radius 1 is 1.25 bits per heavy atom. The molecule has 2 aromatic rings. The molecule has 3 rings (SSSR count). The minimum Gasteiger partial charge on any atom is -0.378 e. The number of nitrogens with zero attached hydrogens (tertiary/aromatic N) is 3. The van der Waals surface area contributed by atoms with Gasteiger partial charge in [-0.2, -0.15) is 0 Å². The summed E-state index contributed by atoms with van der Waals surface area (Å²) in [4.78, 5) is 20.5. The third-order valence-corrected chi connectivity index (χ3v) is 4.20. The summed E-state index contributed by atoms with van der Waals surface area (Å²) in [6, 6.07) is 10.4. The molecular weight excluding hydrogens is 305 g/mol. The maximum absolute atomic E-state index is 13.9. The summed E-state index contributed by atoms with van der Waals surface area (Å²) in [6.45, 7) is 1.03. The summed E-state index contributed by atoms with van der Waals surface area (Å²) in [5.74, 6) is -0.314. The van der Waals surface area contributed by atoms with Crippen molar-refractivity contribution < 1.29 is 9.18 Å². The molecule has 0 atom stereocenters. The van der Waals surface area contributed by atoms with Gasteiger partial charge < -0.3 is 9.80 Å². The zero-order chi connectivity index (χ0) is 17.1. The molecule has 1 aliphatic rings. The van der Waals surface area contributed by atoms with Crippen LogP contribution in [0.15, 0.2) is 48.7 Å². The predicted octanol–water partition coefficient (Wildman–Crippen LogP) is 3.22. The van der Waals surface area contributed by atoms with Crippen molar-refractivity contribution in [2.45, 2.75) is 6.42 Å². The number of carbonyl (C=O) groups excluding carboxylic acids is 1. The first kappa shape index (κ1) is 16.2. The molecule has 2 heterocycles. The van der Waals surface area contributed by atoms with Crippen LogP contribution in [-0.2, 0) is 0 Å². The summed E-state index contributed by atoms with van der Waals surface area (Å²) in [5, 5.41) is 0. The number of halogens is 1. The smallest absolute Gasteiger partial charge is 0.272 e. The molecule has 0 N–H and O–H groups in total. The number of aromatic nitrogens is 1. The molecule has 0 bridgehead atoms. The van der Waals surface area contributed by atoms with Crippen molar-refractivity contribution in [2.75, 3.05) is 32.1 Å². The van der Waals surface area contributed by atoms with E-state index in [0.717, 1.165) is 11.3 Å². The monoisotopic (exact) mass is 325 g/mol. The standard InChI is InChI=1S/C19H20FN3O/c1-22(2)15-7-10-21-18(13-15)19(24)23-11-8-14(9-12-23)16-5-3-4-6-17(16)20/h3-8,10,13H,9,11-12H2,1-2H3. The Bertz CT molecular complexity index is 786. The fraction of sp³-hybridized carbons (Fsp3) is 0.263. The zero-order valence-corrected chi connectivity index (χ0v) is 13.9. The maximum atomic E-state index is 13.9. The minimum atomic E-state index is -0.219. The minimum absolute atomic E-state index is 0.0949. The van der Waals surface area contributed by atoms with E-state index in [1.807, 2.05) is 37.2 Å². The number of carbonyl (C=O) groups is 1. The number of pyridine rings is 1. The zero-order valence-electron chi connectivity index (χ0n) is 13.9. The second-order valence-electron chi connectivity index (χ2n) is 6.00. The molecule has 0 saturated heterocycles. The molecule has 1 amide bonds. The summed E-state index contributed by atoms with van der Waals surface area (Å²) in [5.41, 5.74) is 2.95. The topological polar surface area (TPSA) is 36.4 Å². The Balaban J connectivity index is 1.75. The highest BCUT2D eigenvalue weighted by atomic mass is 19.1. The number of hydrogen-bond donors (Lipinski definition) is 0. The SMILES string of the molecule is CN(C)c1ccnc(C(=O)N2CC=C(c3ccccc3F)CC2)c1. The maximum Gasteiger partial charge on any atom is 0.272 e. The highest BCUT2D eigenvalue weighted by Gasteiger charge is 2.21. The van der Waals surface area contributed by atoms with Crippen molar-refractivity contribution in [2.24, 2.45) is 0 Å². The first-order chi connectivity index (χ1) is 11.6. The van der Waals surface area contributed by atoms with Crippen LogP contribution in [0.2, 0.25) is 0 Å². The number of anilines is 1. The molecule has 0 radical (unpaired) electrons. The quantitative estimate of drug-likeness (QED) is 0.869. The average molecular weight is 325 g/mol. The lowest BCUT2D eigenvalue weighted by atomic mass is 9.99. The third-order valence-electron chi connectivity index (χ3n) is 4.20. The normalized spacial score (nSPS) is 14.3. The van der Waals surface area contributed by atoms with Crippen LogP contribution in [0.3, 0.4) is 0 Å². The molecule has 0 spiro atoms. The van der Waals surface area contributed by atoms with Crippen LogP contribution in [0.5, 0.6) is 0 Å². The van der Waals surface area contributed by atoms with Crippen LogP contribution in [0, 0.1) is 5.82 Å². The molecule has 1 aromatic heterocycles. The van der Waals surface area contributed by atoms with Crippen LogP contribution in [0.4, 0.5) is 10.1 Å². The largest absolute Gasteiger partial charge is 0.378 e. The van der Waals surface area contributed by atoms with Gasteiger partial charge in [-0.3, -0.25) is 9.78 Å². The Kier molecular flexibility index (Phi) is 4.60. The number of rotatable bonds is 3. The van der Waals surface area contributed by atoms with Gasteiger partial charge in [-0.15, -0.1) is 0 Å². The summed E-state index contributed by atoms with van der Waals surface area (Å²) >= 11 is 0. The van der Waals surface area contributed by atoms with E-state index < -0.39 is 0 Å². The lowest BCUT2D eigenvalue weighted by Crippen LogP contribution is -2.35. The third kappa shape index (κ3) is 3.30. The number of benzene rings is 1. The van der Waals surface area contributed by atoms with E-state index in [1.165, 1.54) is 6.07 Å². The van der Waals surface area contributed by atoms with E-state index in [-0.39, 0.29) is 11.7 Å². The predicted molar refractivity (Wildman–Crippen MR) is 93.5 cm³/mol. The molecule has 1 aliphatic heterocycles. The van der Waals surface area contributed by atoms with Gasteiger partial charge >= 0.3 is 0 Å². The Morgan fingerprint density at radius 2 is 2.04 bits per heavy atom. The van der Waals surface area contributed by atoms with E-state index in [1.54, 1.807) is 29.3 Å². The Labute approximate surface area is 141 Å². The van der Waals surface area contributed by atoms with Gasteiger partial charge in [0, 0.05) is 44.6 Å². The number of amides is 1. The van der Waals surface area contributed by atoms with E-state index in [9.17, 15) is 9.18 Å². The highest BCUT2D eigenvalue weighted by Crippen LogP contribution is 2.25. The van der Waals surface area contributed by atoms with Crippen molar-refractivity contribution in [1.82, 2.24) is 9.88 Å². The Hall–Kier alpha value is -2.69. The van der Waals surface area contributed by atoms with Gasteiger partial charge in [-0.05, 0) is 30.2 Å². The molecule has 1 aromatic carbocycles. The molecule has 4 nitrogen and oxygen atoms in total. The molecule has 5 heteroatoms. The molecular formula is C19H20FN3O. The van der Waals surface area contributed by atoms with Gasteiger partial charge in [0.2, 0.25) is 0 Å². The van der Waals surface area contributed by atoms with Gasteiger partial charge in [0.15, 0.2) is 0 Å². The van der Waals surface area contributed by atoms with Gasteiger partial charge in [0.05, 0.1) is 0 Å². The fourth-order valence-corrected chi connectivity index (χ4v) is 2.80. The van der Waals surface area contributed by atoms with E-state index >= 15 is 0 Å². The van der Waals surface area contributed by atoms with Gasteiger partial charge in [0.1, 0.15) is 11.5 Å². The van der Waals surface area contributed by atoms with E-state index in [2.05, 4.69) is 4.98 Å². The van der Waals surface area contributed by atoms with Gasteiger partial charge in [-0.1, -0.05) is 24.3 Å². The van der Waals surface area contributed by atoms with E-state index in [0.29, 0.717) is 30.8 Å². The van der Waals surface area contributed by atoms with Crippen molar-refractivity contribution in [3.05, 3.63) is 65.7 Å². The molecule has 0 aliphatic carbocycles. The second-order valence-corrected chi connectivity index (χ2v) is 6.00. The number of hydrogen-bond acceptors (Lipinski definition) is 3. The summed E-state index contributed by atoms with van der Waals surface area (Å²) in [6.07, 6.45) is 4.21. The summed E-state index contributed by atoms with van der Waals surface area (Å²) < 4.78 is 13.9. The highest BCUT2D eigenvalue weighted by molar-refractivity contribution is 5.93. The van der Waals surface area contributed by atoms with Crippen LogP contribution in [0.25, 0.3) is 5.57 Å². The molecule has 0 unspecified atom stereocenters. The van der Waals surface area contributed by atoms with Crippen LogP contribution < -0.4 is 4.90 Å². The first-order valence-corrected chi connectivity index (χ1v) is 7.93. The average Bonchev–Trinajstić information content (AvgIpc) is 2.62. The molecule has 24 heavy (non-hydrogen) atoms. The van der Waals surface area contributed by atoms with E-state index in [4.69, 9.17) is 0 Å². The van der Waals surface area contributed by atoms with Crippen LogP contribution in [-0.4, -0.2) is 43.0 Å². The summed E-state index contributed by atoms with van der Waals surface area (Å²) in [7, 11) is 3.85. The van der Waals surface area contributed by atoms with Crippen molar-refractivity contribution in [3.8, 4) is 0 Å². The van der Waals surface area contributed by atoms with Crippen molar-refractivity contribution >= 4 is 17.2 Å². The van der Waals surface area contributed by atoms with Gasteiger partial charge in [0.25, 0.3) is 5.91 Å². The van der Waals surface area contributed by atoms with Crippen molar-refractivity contribution in [3.63, 3.8) is 0 Å². The van der Waals surface area contributed by atoms with Crippen LogP contribution in [0.1, 0.15) is 22.5 Å². The lowest BCUT2D eigenvalue weighted by Gasteiger charge is -2.27. The fourth-order valence-electron chi connectivity index (χ4n) is 2.80.